The van der Waals surface area contributed by atoms with E-state index < -0.39 is 0 Å². The summed E-state index contributed by atoms with van der Waals surface area (Å²) >= 11 is 0. The molecule has 0 aliphatic rings. The molecule has 0 radical (unpaired) electrons. The number of rotatable bonds is 10. The monoisotopic (exact) mass is 331 g/mol. The fraction of sp³-hybridized carbons (Fsp3) is 0.400. The second-order valence-corrected chi connectivity index (χ2v) is 5.74. The molecule has 0 bridgehead atoms. The molecular formula is C20H26FNO2. The molecule has 0 fully saturated rings. The Balaban J connectivity index is 1.83. The maximum absolute atomic E-state index is 13.5. The molecule has 0 aliphatic heterocycles. The van der Waals surface area contributed by atoms with E-state index in [1.807, 2.05) is 30.3 Å². The zero-order valence-corrected chi connectivity index (χ0v) is 14.4. The van der Waals surface area contributed by atoms with Crippen molar-refractivity contribution < 1.29 is 13.9 Å². The van der Waals surface area contributed by atoms with Crippen LogP contribution >= 0.6 is 0 Å². The van der Waals surface area contributed by atoms with Crippen LogP contribution in [0.1, 0.15) is 37.4 Å². The van der Waals surface area contributed by atoms with E-state index in [2.05, 4.69) is 19.2 Å². The summed E-state index contributed by atoms with van der Waals surface area (Å²) in [5, 5.41) is 3.40. The van der Waals surface area contributed by atoms with Crippen LogP contribution in [0.3, 0.4) is 0 Å². The highest BCUT2D eigenvalue weighted by atomic mass is 19.1. The van der Waals surface area contributed by atoms with Gasteiger partial charge in [-0.3, -0.25) is 0 Å². The van der Waals surface area contributed by atoms with Gasteiger partial charge in [-0.2, -0.15) is 0 Å². The van der Waals surface area contributed by atoms with Gasteiger partial charge in [-0.05, 0) is 31.5 Å². The predicted octanol–water partition coefficient (Wildman–Crippen LogP) is 4.48. The molecular weight excluding hydrogens is 305 g/mol. The Morgan fingerprint density at radius 2 is 1.88 bits per heavy atom. The maximum atomic E-state index is 13.5. The van der Waals surface area contributed by atoms with Crippen LogP contribution in [0.15, 0.2) is 48.5 Å². The summed E-state index contributed by atoms with van der Waals surface area (Å²) in [6, 6.07) is 14.8. The molecule has 4 heteroatoms. The zero-order chi connectivity index (χ0) is 17.2. The van der Waals surface area contributed by atoms with Gasteiger partial charge in [-0.1, -0.05) is 43.3 Å². The van der Waals surface area contributed by atoms with Crippen molar-refractivity contribution in [1.82, 2.24) is 5.32 Å². The van der Waals surface area contributed by atoms with Crippen molar-refractivity contribution in [3.8, 4) is 5.75 Å². The minimum absolute atomic E-state index is 0.116. The van der Waals surface area contributed by atoms with Gasteiger partial charge in [0.2, 0.25) is 0 Å². The summed E-state index contributed by atoms with van der Waals surface area (Å²) < 4.78 is 24.9. The van der Waals surface area contributed by atoms with E-state index in [4.69, 9.17) is 9.47 Å². The fourth-order valence-corrected chi connectivity index (χ4v) is 2.44. The standard InChI is InChI=1S/C20H26FNO2/c1-3-11-22-16(2)19-10-9-18(21)14-20(19)24-13-12-23-15-17-7-5-4-6-8-17/h4-10,14,16,22H,3,11-13,15H2,1-2H3. The van der Waals surface area contributed by atoms with Gasteiger partial charge in [0.15, 0.2) is 0 Å². The molecule has 3 nitrogen and oxygen atoms in total. The molecule has 1 N–H and O–H groups in total. The van der Waals surface area contributed by atoms with Crippen LogP contribution in [-0.2, 0) is 11.3 Å². The Morgan fingerprint density at radius 1 is 1.08 bits per heavy atom. The van der Waals surface area contributed by atoms with Gasteiger partial charge in [-0.15, -0.1) is 0 Å². The quantitative estimate of drug-likeness (QED) is 0.651. The fourth-order valence-electron chi connectivity index (χ4n) is 2.44. The highest BCUT2D eigenvalue weighted by Crippen LogP contribution is 2.26. The minimum atomic E-state index is -0.290. The molecule has 0 saturated carbocycles. The minimum Gasteiger partial charge on any atom is -0.491 e. The third-order valence-electron chi connectivity index (χ3n) is 3.74. The summed E-state index contributed by atoms with van der Waals surface area (Å²) in [4.78, 5) is 0. The molecule has 24 heavy (non-hydrogen) atoms. The second kappa shape index (κ2) is 10.1. The normalized spacial score (nSPS) is 12.1. The lowest BCUT2D eigenvalue weighted by molar-refractivity contribution is 0.0883. The van der Waals surface area contributed by atoms with E-state index in [9.17, 15) is 4.39 Å². The van der Waals surface area contributed by atoms with Crippen molar-refractivity contribution in [2.45, 2.75) is 32.9 Å². The van der Waals surface area contributed by atoms with E-state index in [-0.39, 0.29) is 11.9 Å². The number of hydrogen-bond acceptors (Lipinski definition) is 3. The predicted molar refractivity (Wildman–Crippen MR) is 94.7 cm³/mol. The van der Waals surface area contributed by atoms with Crippen molar-refractivity contribution in [2.24, 2.45) is 0 Å². The Bertz CT molecular complexity index is 604. The van der Waals surface area contributed by atoms with Gasteiger partial charge in [0.05, 0.1) is 13.2 Å². The molecule has 2 aromatic rings. The molecule has 0 amide bonds. The lowest BCUT2D eigenvalue weighted by Gasteiger charge is -2.18. The van der Waals surface area contributed by atoms with Crippen LogP contribution < -0.4 is 10.1 Å². The Kier molecular flexibility index (Phi) is 7.72. The van der Waals surface area contributed by atoms with Gasteiger partial charge in [0, 0.05) is 17.7 Å². The Labute approximate surface area is 143 Å². The Hall–Kier alpha value is -1.91. The molecule has 0 spiro atoms. The van der Waals surface area contributed by atoms with Gasteiger partial charge in [0.25, 0.3) is 0 Å². The number of nitrogens with one attached hydrogen (secondary N) is 1. The lowest BCUT2D eigenvalue weighted by Crippen LogP contribution is -2.20. The van der Waals surface area contributed by atoms with Crippen LogP contribution in [0.5, 0.6) is 5.75 Å². The van der Waals surface area contributed by atoms with Crippen LogP contribution in [0, 0.1) is 5.82 Å². The van der Waals surface area contributed by atoms with E-state index >= 15 is 0 Å². The third-order valence-corrected chi connectivity index (χ3v) is 3.74. The summed E-state index contributed by atoms with van der Waals surface area (Å²) in [7, 11) is 0. The van der Waals surface area contributed by atoms with Crippen molar-refractivity contribution in [3.05, 3.63) is 65.5 Å². The largest absolute Gasteiger partial charge is 0.491 e. The highest BCUT2D eigenvalue weighted by Gasteiger charge is 2.12. The van der Waals surface area contributed by atoms with E-state index in [1.54, 1.807) is 6.07 Å². The van der Waals surface area contributed by atoms with Crippen molar-refractivity contribution in [2.75, 3.05) is 19.8 Å². The van der Waals surface area contributed by atoms with E-state index in [0.717, 1.165) is 24.1 Å². The lowest BCUT2D eigenvalue weighted by atomic mass is 10.1. The van der Waals surface area contributed by atoms with Crippen LogP contribution in [-0.4, -0.2) is 19.8 Å². The van der Waals surface area contributed by atoms with Crippen molar-refractivity contribution in [3.63, 3.8) is 0 Å². The van der Waals surface area contributed by atoms with Gasteiger partial charge in [0.1, 0.15) is 18.2 Å². The number of halogens is 1. The molecule has 130 valence electrons. The number of hydrogen-bond donors (Lipinski definition) is 1. The van der Waals surface area contributed by atoms with Crippen LogP contribution in [0.2, 0.25) is 0 Å². The van der Waals surface area contributed by atoms with Crippen molar-refractivity contribution in [1.29, 1.82) is 0 Å². The summed E-state index contributed by atoms with van der Waals surface area (Å²) in [5.74, 6) is 0.288. The molecule has 0 aromatic heterocycles. The van der Waals surface area contributed by atoms with Gasteiger partial charge >= 0.3 is 0 Å². The van der Waals surface area contributed by atoms with Gasteiger partial charge in [-0.25, -0.2) is 4.39 Å². The van der Waals surface area contributed by atoms with Crippen LogP contribution in [0.25, 0.3) is 0 Å². The number of ether oxygens (including phenoxy) is 2. The SMILES string of the molecule is CCCNC(C)c1ccc(F)cc1OCCOCc1ccccc1. The average Bonchev–Trinajstić information content (AvgIpc) is 2.60. The number of benzene rings is 2. The molecule has 1 atom stereocenters. The summed E-state index contributed by atoms with van der Waals surface area (Å²) in [5.41, 5.74) is 2.09. The molecule has 2 rings (SSSR count). The smallest absolute Gasteiger partial charge is 0.127 e. The summed E-state index contributed by atoms with van der Waals surface area (Å²) in [6.45, 7) is 6.49. The first-order chi connectivity index (χ1) is 11.7. The molecule has 2 aromatic carbocycles. The molecule has 1 unspecified atom stereocenters. The average molecular weight is 331 g/mol. The highest BCUT2D eigenvalue weighted by molar-refractivity contribution is 5.36. The first-order valence-corrected chi connectivity index (χ1v) is 8.48. The molecule has 0 saturated heterocycles. The Morgan fingerprint density at radius 3 is 2.62 bits per heavy atom. The zero-order valence-electron chi connectivity index (χ0n) is 14.4. The third kappa shape index (κ3) is 5.95. The van der Waals surface area contributed by atoms with Gasteiger partial charge < -0.3 is 14.8 Å². The maximum Gasteiger partial charge on any atom is 0.127 e. The second-order valence-electron chi connectivity index (χ2n) is 5.74. The summed E-state index contributed by atoms with van der Waals surface area (Å²) in [6.07, 6.45) is 1.05. The molecule has 0 aliphatic carbocycles. The topological polar surface area (TPSA) is 30.5 Å². The first kappa shape index (κ1) is 18.4. The van der Waals surface area contributed by atoms with Crippen LogP contribution in [0.4, 0.5) is 4.39 Å². The first-order valence-electron chi connectivity index (χ1n) is 8.48. The van der Waals surface area contributed by atoms with Crippen molar-refractivity contribution >= 4 is 0 Å². The van der Waals surface area contributed by atoms with E-state index in [1.165, 1.54) is 12.1 Å². The molecule has 0 heterocycles. The van der Waals surface area contributed by atoms with E-state index in [0.29, 0.717) is 25.6 Å².